The normalized spacial score (nSPS) is 10.1. The highest BCUT2D eigenvalue weighted by atomic mass is 35.5. The molecule has 0 fully saturated rings. The number of aldehydes is 1. The number of halogens is 2. The Bertz CT molecular complexity index is 749. The van der Waals surface area contributed by atoms with Crippen molar-refractivity contribution in [1.29, 1.82) is 0 Å². The number of rotatable bonds is 7. The van der Waals surface area contributed by atoms with Gasteiger partial charge < -0.3 is 14.8 Å². The van der Waals surface area contributed by atoms with E-state index in [0.717, 1.165) is 0 Å². The molecule has 0 aliphatic heterocycles. The lowest BCUT2D eigenvalue weighted by molar-refractivity contribution is -0.118. The summed E-state index contributed by atoms with van der Waals surface area (Å²) < 4.78 is 10.9. The van der Waals surface area contributed by atoms with E-state index in [2.05, 4.69) is 5.32 Å². The zero-order valence-electron chi connectivity index (χ0n) is 12.8. The first-order chi connectivity index (χ1) is 11.5. The molecule has 1 N–H and O–H groups in total. The van der Waals surface area contributed by atoms with Gasteiger partial charge in [0.05, 0.1) is 17.3 Å². The predicted octanol–water partition coefficient (Wildman–Crippen LogP) is 4.22. The van der Waals surface area contributed by atoms with E-state index in [1.54, 1.807) is 30.3 Å². The molecule has 0 aliphatic rings. The molecule has 2 aromatic carbocycles. The van der Waals surface area contributed by atoms with Crippen LogP contribution in [0.15, 0.2) is 36.4 Å². The lowest BCUT2D eigenvalue weighted by Gasteiger charge is -2.13. The van der Waals surface area contributed by atoms with Crippen molar-refractivity contribution in [3.8, 4) is 11.5 Å². The van der Waals surface area contributed by atoms with E-state index in [1.807, 2.05) is 6.92 Å². The molecule has 0 heterocycles. The third-order valence-electron chi connectivity index (χ3n) is 2.97. The van der Waals surface area contributed by atoms with Crippen molar-refractivity contribution in [2.45, 2.75) is 6.92 Å². The summed E-state index contributed by atoms with van der Waals surface area (Å²) in [5.41, 5.74) is 0.902. The molecule has 0 bridgehead atoms. The van der Waals surface area contributed by atoms with Gasteiger partial charge in [0.1, 0.15) is 6.29 Å². The number of ether oxygens (including phenoxy) is 2. The Labute approximate surface area is 149 Å². The van der Waals surface area contributed by atoms with E-state index in [-0.39, 0.29) is 12.5 Å². The molecule has 2 rings (SSSR count). The number of nitrogens with one attached hydrogen (secondary N) is 1. The maximum atomic E-state index is 12.0. The fraction of sp³-hybridized carbons (Fsp3) is 0.176. The van der Waals surface area contributed by atoms with Gasteiger partial charge in [-0.05, 0) is 43.3 Å². The first-order valence-electron chi connectivity index (χ1n) is 7.13. The summed E-state index contributed by atoms with van der Waals surface area (Å²) in [5.74, 6) is 0.389. The second-order valence-corrected chi connectivity index (χ2v) is 5.56. The molecule has 0 atom stereocenters. The topological polar surface area (TPSA) is 64.6 Å². The van der Waals surface area contributed by atoms with E-state index in [4.69, 9.17) is 32.7 Å². The van der Waals surface area contributed by atoms with Crippen molar-refractivity contribution in [2.24, 2.45) is 0 Å². The molecule has 7 heteroatoms. The maximum Gasteiger partial charge on any atom is 0.262 e. The van der Waals surface area contributed by atoms with E-state index in [1.165, 1.54) is 6.07 Å². The zero-order chi connectivity index (χ0) is 17.5. The second kappa shape index (κ2) is 8.57. The van der Waals surface area contributed by atoms with Gasteiger partial charge in [-0.3, -0.25) is 9.59 Å². The smallest absolute Gasteiger partial charge is 0.262 e. The average Bonchev–Trinajstić information content (AvgIpc) is 2.56. The van der Waals surface area contributed by atoms with Gasteiger partial charge in [0.15, 0.2) is 18.1 Å². The molecule has 2 aromatic rings. The van der Waals surface area contributed by atoms with E-state index < -0.39 is 0 Å². The van der Waals surface area contributed by atoms with Crippen LogP contribution in [-0.4, -0.2) is 25.4 Å². The van der Waals surface area contributed by atoms with Gasteiger partial charge in [-0.1, -0.05) is 23.2 Å². The van der Waals surface area contributed by atoms with Gasteiger partial charge in [0.2, 0.25) is 0 Å². The molecule has 0 radical (unpaired) electrons. The molecule has 0 saturated carbocycles. The largest absolute Gasteiger partial charge is 0.490 e. The molecule has 0 aliphatic carbocycles. The number of carbonyl (C=O) groups is 2. The molecular formula is C17H15Cl2NO4. The number of amides is 1. The Morgan fingerprint density at radius 3 is 2.58 bits per heavy atom. The first-order valence-corrected chi connectivity index (χ1v) is 7.88. The number of anilines is 1. The molecule has 0 aromatic heterocycles. The quantitative estimate of drug-likeness (QED) is 0.744. The summed E-state index contributed by atoms with van der Waals surface area (Å²) in [6.45, 7) is 1.98. The average molecular weight is 368 g/mol. The van der Waals surface area contributed by atoms with Crippen LogP contribution in [0.3, 0.4) is 0 Å². The summed E-state index contributed by atoms with van der Waals surface area (Å²) >= 11 is 11.8. The van der Waals surface area contributed by atoms with Crippen LogP contribution >= 0.6 is 23.2 Å². The lowest BCUT2D eigenvalue weighted by atomic mass is 10.2. The SMILES string of the molecule is CCOc1cc(C=O)ccc1OCC(=O)Nc1ccc(Cl)cc1Cl. The molecule has 0 spiro atoms. The predicted molar refractivity (Wildman–Crippen MR) is 93.6 cm³/mol. The highest BCUT2D eigenvalue weighted by Crippen LogP contribution is 2.28. The Morgan fingerprint density at radius 2 is 1.92 bits per heavy atom. The summed E-state index contributed by atoms with van der Waals surface area (Å²) in [7, 11) is 0. The van der Waals surface area contributed by atoms with E-state index in [9.17, 15) is 9.59 Å². The van der Waals surface area contributed by atoms with Gasteiger partial charge in [0.25, 0.3) is 5.91 Å². The van der Waals surface area contributed by atoms with Crippen molar-refractivity contribution in [3.63, 3.8) is 0 Å². The maximum absolute atomic E-state index is 12.0. The van der Waals surface area contributed by atoms with Gasteiger partial charge >= 0.3 is 0 Å². The Hall–Kier alpha value is -2.24. The van der Waals surface area contributed by atoms with Crippen molar-refractivity contribution in [3.05, 3.63) is 52.0 Å². The van der Waals surface area contributed by atoms with Crippen LogP contribution in [0.2, 0.25) is 10.0 Å². The molecule has 126 valence electrons. The third-order valence-corrected chi connectivity index (χ3v) is 3.52. The molecule has 1 amide bonds. The van der Waals surface area contributed by atoms with Crippen LogP contribution in [0.4, 0.5) is 5.69 Å². The minimum atomic E-state index is -0.388. The number of hydrogen-bond acceptors (Lipinski definition) is 4. The van der Waals surface area contributed by atoms with Crippen molar-refractivity contribution in [1.82, 2.24) is 0 Å². The van der Waals surface area contributed by atoms with Gasteiger partial charge in [0, 0.05) is 10.6 Å². The molecule has 0 saturated heterocycles. The summed E-state index contributed by atoms with van der Waals surface area (Å²) in [6.07, 6.45) is 0.710. The van der Waals surface area contributed by atoms with Crippen LogP contribution in [-0.2, 0) is 4.79 Å². The van der Waals surface area contributed by atoms with Gasteiger partial charge in [-0.2, -0.15) is 0 Å². The number of hydrogen-bond donors (Lipinski definition) is 1. The summed E-state index contributed by atoms with van der Waals surface area (Å²) in [4.78, 5) is 22.8. The molecule has 24 heavy (non-hydrogen) atoms. The van der Waals surface area contributed by atoms with Crippen LogP contribution < -0.4 is 14.8 Å². The fourth-order valence-electron chi connectivity index (χ4n) is 1.91. The van der Waals surface area contributed by atoms with Crippen molar-refractivity contribution < 1.29 is 19.1 Å². The monoisotopic (exact) mass is 367 g/mol. The second-order valence-electron chi connectivity index (χ2n) is 4.72. The van der Waals surface area contributed by atoms with Crippen molar-refractivity contribution >= 4 is 41.1 Å². The fourth-order valence-corrected chi connectivity index (χ4v) is 2.36. The van der Waals surface area contributed by atoms with Gasteiger partial charge in [-0.15, -0.1) is 0 Å². The molecule has 0 unspecified atom stereocenters. The van der Waals surface area contributed by atoms with Gasteiger partial charge in [-0.25, -0.2) is 0 Å². The van der Waals surface area contributed by atoms with E-state index >= 15 is 0 Å². The van der Waals surface area contributed by atoms with Crippen LogP contribution in [0, 0.1) is 0 Å². The highest BCUT2D eigenvalue weighted by molar-refractivity contribution is 6.36. The highest BCUT2D eigenvalue weighted by Gasteiger charge is 2.11. The first kappa shape index (κ1) is 18.1. The Morgan fingerprint density at radius 1 is 1.12 bits per heavy atom. The lowest BCUT2D eigenvalue weighted by Crippen LogP contribution is -2.20. The third kappa shape index (κ3) is 4.88. The van der Waals surface area contributed by atoms with Crippen LogP contribution in [0.5, 0.6) is 11.5 Å². The molecule has 5 nitrogen and oxygen atoms in total. The van der Waals surface area contributed by atoms with E-state index in [0.29, 0.717) is 45.7 Å². The Kier molecular flexibility index (Phi) is 6.46. The molecular weight excluding hydrogens is 353 g/mol. The summed E-state index contributed by atoms with van der Waals surface area (Å²) in [6, 6.07) is 9.48. The summed E-state index contributed by atoms with van der Waals surface area (Å²) in [5, 5.41) is 3.44. The number of carbonyl (C=O) groups excluding carboxylic acids is 2. The van der Waals surface area contributed by atoms with Crippen LogP contribution in [0.25, 0.3) is 0 Å². The minimum absolute atomic E-state index is 0.237. The standard InChI is InChI=1S/C17H15Cl2NO4/c1-2-23-16-7-11(9-21)3-6-15(16)24-10-17(22)20-14-5-4-12(18)8-13(14)19/h3-9H,2,10H2,1H3,(H,20,22). The minimum Gasteiger partial charge on any atom is -0.490 e. The zero-order valence-corrected chi connectivity index (χ0v) is 14.4. The van der Waals surface area contributed by atoms with Crippen molar-refractivity contribution in [2.75, 3.05) is 18.5 Å². The Balaban J connectivity index is 2.02. The number of benzene rings is 2. The van der Waals surface area contributed by atoms with Crippen LogP contribution in [0.1, 0.15) is 17.3 Å².